The fourth-order valence-corrected chi connectivity index (χ4v) is 1.91. The second kappa shape index (κ2) is 4.83. The highest BCUT2D eigenvalue weighted by atomic mass is 79.9. The first-order chi connectivity index (χ1) is 6.09. The Morgan fingerprint density at radius 3 is 2.92 bits per heavy atom. The lowest BCUT2D eigenvalue weighted by Crippen LogP contribution is -2.23. The number of carbonyl (C=O) groups excluding carboxylic acids is 1. The van der Waals surface area contributed by atoms with Gasteiger partial charge in [-0.05, 0) is 6.07 Å². The van der Waals surface area contributed by atoms with Crippen molar-refractivity contribution >= 4 is 45.8 Å². The number of thiol groups is 1. The van der Waals surface area contributed by atoms with E-state index >= 15 is 0 Å². The Bertz CT molecular complexity index is 335. The number of halogens is 1. The van der Waals surface area contributed by atoms with Gasteiger partial charge >= 0.3 is 0 Å². The standard InChI is InChI=1S/C8H8BrNOS2/c1-5(9)3-10-8(11)7-2-6(12)4-13-7/h2,4,12H,1,3H2,(H,10,11). The van der Waals surface area contributed by atoms with E-state index in [0.29, 0.717) is 11.4 Å². The van der Waals surface area contributed by atoms with Gasteiger partial charge in [-0.25, -0.2) is 0 Å². The topological polar surface area (TPSA) is 29.1 Å². The molecule has 0 aliphatic rings. The van der Waals surface area contributed by atoms with Crippen LogP contribution >= 0.6 is 39.9 Å². The number of hydrogen-bond donors (Lipinski definition) is 2. The number of hydrogen-bond acceptors (Lipinski definition) is 3. The number of nitrogens with one attached hydrogen (secondary N) is 1. The van der Waals surface area contributed by atoms with Gasteiger partial charge in [-0.3, -0.25) is 4.79 Å². The van der Waals surface area contributed by atoms with Crippen LogP contribution < -0.4 is 5.32 Å². The molecular formula is C8H8BrNOS2. The van der Waals surface area contributed by atoms with Crippen LogP contribution in [-0.2, 0) is 0 Å². The van der Waals surface area contributed by atoms with Crippen LogP contribution in [0, 0.1) is 0 Å². The highest BCUT2D eigenvalue weighted by Gasteiger charge is 2.06. The molecular weight excluding hydrogens is 270 g/mol. The van der Waals surface area contributed by atoms with Gasteiger partial charge < -0.3 is 5.32 Å². The molecule has 70 valence electrons. The van der Waals surface area contributed by atoms with Crippen molar-refractivity contribution in [1.29, 1.82) is 0 Å². The van der Waals surface area contributed by atoms with E-state index in [-0.39, 0.29) is 5.91 Å². The molecule has 0 fully saturated rings. The maximum Gasteiger partial charge on any atom is 0.261 e. The summed E-state index contributed by atoms with van der Waals surface area (Å²) in [4.78, 5) is 12.8. The van der Waals surface area contributed by atoms with Crippen LogP contribution in [0.5, 0.6) is 0 Å². The van der Waals surface area contributed by atoms with Gasteiger partial charge in [-0.2, -0.15) is 0 Å². The minimum Gasteiger partial charge on any atom is -0.347 e. The highest BCUT2D eigenvalue weighted by molar-refractivity contribution is 9.11. The average Bonchev–Trinajstić information content (AvgIpc) is 2.47. The van der Waals surface area contributed by atoms with Gasteiger partial charge in [0.1, 0.15) is 0 Å². The second-order valence-electron chi connectivity index (χ2n) is 2.37. The fraction of sp³-hybridized carbons (Fsp3) is 0.125. The van der Waals surface area contributed by atoms with Crippen LogP contribution in [0.2, 0.25) is 0 Å². The molecule has 0 aliphatic carbocycles. The third kappa shape index (κ3) is 3.54. The minimum atomic E-state index is -0.0918. The van der Waals surface area contributed by atoms with E-state index in [4.69, 9.17) is 0 Å². The van der Waals surface area contributed by atoms with Crippen molar-refractivity contribution in [1.82, 2.24) is 5.32 Å². The fourth-order valence-electron chi connectivity index (χ4n) is 0.709. The summed E-state index contributed by atoms with van der Waals surface area (Å²) in [6.07, 6.45) is 0. The van der Waals surface area contributed by atoms with Crippen molar-refractivity contribution in [2.75, 3.05) is 6.54 Å². The molecule has 2 nitrogen and oxygen atoms in total. The van der Waals surface area contributed by atoms with Gasteiger partial charge in [-0.15, -0.1) is 24.0 Å². The molecule has 0 aliphatic heterocycles. The predicted molar refractivity (Wildman–Crippen MR) is 62.0 cm³/mol. The largest absolute Gasteiger partial charge is 0.347 e. The summed E-state index contributed by atoms with van der Waals surface area (Å²) in [5.74, 6) is -0.0918. The molecule has 0 spiro atoms. The molecule has 1 N–H and O–H groups in total. The Balaban J connectivity index is 2.54. The van der Waals surface area contributed by atoms with Crippen LogP contribution in [0.3, 0.4) is 0 Å². The van der Waals surface area contributed by atoms with Gasteiger partial charge in [0.05, 0.1) is 4.88 Å². The molecule has 1 aromatic heterocycles. The number of thiophene rings is 1. The van der Waals surface area contributed by atoms with E-state index in [9.17, 15) is 4.79 Å². The van der Waals surface area contributed by atoms with Gasteiger partial charge in [0.15, 0.2) is 0 Å². The smallest absolute Gasteiger partial charge is 0.261 e. The van der Waals surface area contributed by atoms with Crippen molar-refractivity contribution < 1.29 is 4.79 Å². The number of amides is 1. The summed E-state index contributed by atoms with van der Waals surface area (Å²) in [5, 5.41) is 4.52. The second-order valence-corrected chi connectivity index (χ2v) is 4.92. The Hall–Kier alpha value is -0.260. The van der Waals surface area contributed by atoms with Crippen molar-refractivity contribution in [2.24, 2.45) is 0 Å². The van der Waals surface area contributed by atoms with Crippen LogP contribution in [0.15, 0.2) is 27.4 Å². The van der Waals surface area contributed by atoms with Crippen molar-refractivity contribution in [2.45, 2.75) is 4.90 Å². The molecule has 0 atom stereocenters. The normalized spacial score (nSPS) is 9.69. The van der Waals surface area contributed by atoms with Gasteiger partial charge in [-0.1, -0.05) is 22.5 Å². The molecule has 0 aromatic carbocycles. The molecule has 1 heterocycles. The first kappa shape index (κ1) is 10.8. The number of carbonyl (C=O) groups is 1. The molecule has 1 rings (SSSR count). The van der Waals surface area contributed by atoms with Crippen LogP contribution in [0.25, 0.3) is 0 Å². The summed E-state index contributed by atoms with van der Waals surface area (Å²) < 4.78 is 0.753. The third-order valence-corrected chi connectivity index (χ3v) is 2.89. The number of rotatable bonds is 3. The molecule has 0 unspecified atom stereocenters. The summed E-state index contributed by atoms with van der Waals surface area (Å²) in [6, 6.07) is 1.74. The lowest BCUT2D eigenvalue weighted by atomic mass is 10.4. The van der Waals surface area contributed by atoms with Crippen LogP contribution in [-0.4, -0.2) is 12.5 Å². The summed E-state index contributed by atoms with van der Waals surface area (Å²) in [7, 11) is 0. The average molecular weight is 278 g/mol. The van der Waals surface area contributed by atoms with Crippen molar-refractivity contribution in [3.8, 4) is 0 Å². The van der Waals surface area contributed by atoms with Crippen LogP contribution in [0.1, 0.15) is 9.67 Å². The molecule has 0 saturated heterocycles. The predicted octanol–water partition coefficient (Wildman–Crippen LogP) is 2.68. The van der Waals surface area contributed by atoms with Crippen LogP contribution in [0.4, 0.5) is 0 Å². The molecule has 0 saturated carbocycles. The van der Waals surface area contributed by atoms with Gasteiger partial charge in [0, 0.05) is 21.3 Å². The molecule has 0 bridgehead atoms. The SMILES string of the molecule is C=C(Br)CNC(=O)c1cc(S)cs1. The Morgan fingerprint density at radius 2 is 2.46 bits per heavy atom. The first-order valence-corrected chi connectivity index (χ1v) is 5.60. The highest BCUT2D eigenvalue weighted by Crippen LogP contribution is 2.17. The Labute approximate surface area is 94.6 Å². The van der Waals surface area contributed by atoms with E-state index in [2.05, 4.69) is 40.5 Å². The maximum atomic E-state index is 11.4. The van der Waals surface area contributed by atoms with Crippen molar-refractivity contribution in [3.63, 3.8) is 0 Å². The molecule has 13 heavy (non-hydrogen) atoms. The van der Waals surface area contributed by atoms with E-state index in [1.54, 1.807) is 6.07 Å². The third-order valence-electron chi connectivity index (χ3n) is 1.25. The van der Waals surface area contributed by atoms with Gasteiger partial charge in [0.25, 0.3) is 5.91 Å². The lowest BCUT2D eigenvalue weighted by molar-refractivity contribution is 0.0961. The monoisotopic (exact) mass is 277 g/mol. The first-order valence-electron chi connectivity index (χ1n) is 3.48. The quantitative estimate of drug-likeness (QED) is 0.818. The summed E-state index contributed by atoms with van der Waals surface area (Å²) in [5.41, 5.74) is 0. The zero-order valence-electron chi connectivity index (χ0n) is 6.71. The van der Waals surface area contributed by atoms with E-state index in [1.165, 1.54) is 11.3 Å². The molecule has 5 heteroatoms. The zero-order valence-corrected chi connectivity index (χ0v) is 10.0. The molecule has 1 amide bonds. The minimum absolute atomic E-state index is 0.0918. The van der Waals surface area contributed by atoms with E-state index in [1.807, 2.05) is 5.38 Å². The molecule has 0 radical (unpaired) electrons. The Kier molecular flexibility index (Phi) is 4.02. The summed E-state index contributed by atoms with van der Waals surface area (Å²) >= 11 is 8.65. The molecule has 1 aromatic rings. The lowest BCUT2D eigenvalue weighted by Gasteiger charge is -2.00. The maximum absolute atomic E-state index is 11.4. The van der Waals surface area contributed by atoms with E-state index < -0.39 is 0 Å². The zero-order chi connectivity index (χ0) is 9.84. The Morgan fingerprint density at radius 1 is 1.77 bits per heavy atom. The van der Waals surface area contributed by atoms with E-state index in [0.717, 1.165) is 9.38 Å². The van der Waals surface area contributed by atoms with Gasteiger partial charge in [0.2, 0.25) is 0 Å². The summed E-state index contributed by atoms with van der Waals surface area (Å²) in [6.45, 7) is 4.06. The van der Waals surface area contributed by atoms with Crippen molar-refractivity contribution in [3.05, 3.63) is 27.4 Å².